The van der Waals surface area contributed by atoms with E-state index in [2.05, 4.69) is 25.2 Å². The van der Waals surface area contributed by atoms with Gasteiger partial charge in [-0.1, -0.05) is 0 Å². The molecule has 35 heavy (non-hydrogen) atoms. The van der Waals surface area contributed by atoms with Crippen molar-refractivity contribution in [1.82, 2.24) is 19.5 Å². The lowest BCUT2D eigenvalue weighted by Gasteiger charge is -2.40. The highest BCUT2D eigenvalue weighted by Gasteiger charge is 2.32. The van der Waals surface area contributed by atoms with Gasteiger partial charge in [0, 0.05) is 51.1 Å². The number of ether oxygens (including phenoxy) is 1. The fraction of sp³-hybridized carbons (Fsp3) is 0.458. The maximum Gasteiger partial charge on any atom is 0.261 e. The Labute approximate surface area is 202 Å². The first-order valence-electron chi connectivity index (χ1n) is 11.7. The molecule has 1 fully saturated rings. The molecule has 1 atom stereocenters. The molecular weight excluding hydrogens is 452 g/mol. The molecule has 4 N–H and O–H groups in total. The van der Waals surface area contributed by atoms with Crippen molar-refractivity contribution in [2.75, 3.05) is 56.2 Å². The van der Waals surface area contributed by atoms with Gasteiger partial charge < -0.3 is 30.3 Å². The van der Waals surface area contributed by atoms with Gasteiger partial charge in [-0.2, -0.15) is 5.10 Å². The number of benzene rings is 1. The minimum absolute atomic E-state index is 0.0991. The second-order valence-corrected chi connectivity index (χ2v) is 9.38. The summed E-state index contributed by atoms with van der Waals surface area (Å²) in [6.07, 6.45) is 5.25. The second-order valence-electron chi connectivity index (χ2n) is 9.38. The molecule has 1 aromatic carbocycles. The van der Waals surface area contributed by atoms with Crippen molar-refractivity contribution in [1.29, 1.82) is 0 Å². The van der Waals surface area contributed by atoms with E-state index < -0.39 is 5.60 Å². The van der Waals surface area contributed by atoms with Crippen LogP contribution < -0.4 is 15.0 Å². The van der Waals surface area contributed by atoms with Gasteiger partial charge in [0.15, 0.2) is 5.65 Å². The lowest BCUT2D eigenvalue weighted by molar-refractivity contribution is -0.000571. The first-order chi connectivity index (χ1) is 16.9. The summed E-state index contributed by atoms with van der Waals surface area (Å²) in [5.74, 6) is 0.357. The molecule has 2 aliphatic heterocycles. The second kappa shape index (κ2) is 9.42. The number of aromatic nitrogens is 3. The Bertz CT molecular complexity index is 1220. The fourth-order valence-corrected chi connectivity index (χ4v) is 4.74. The molecule has 0 spiro atoms. The topological polar surface area (TPSA) is 136 Å². The fourth-order valence-electron chi connectivity index (χ4n) is 4.74. The standard InChI is InChI=1S/C24H30N6O5/c1-24(34)11-16-9-19(27-23(33)18-12-26-30-4-2-3-25-22(18)30)20(10-21(16)35-15-24)29-7-5-28(6-8-29)17(13-31)14-32/h2-4,9-10,12,17,31-32,34H,5-8,11,13-15H2,1H3,(H,27,33)/t24-/m0/s1. The van der Waals surface area contributed by atoms with Crippen molar-refractivity contribution >= 4 is 22.9 Å². The molecule has 0 saturated carbocycles. The Morgan fingerprint density at radius 3 is 2.74 bits per heavy atom. The minimum Gasteiger partial charge on any atom is -0.490 e. The van der Waals surface area contributed by atoms with Gasteiger partial charge >= 0.3 is 0 Å². The normalized spacial score (nSPS) is 20.7. The number of nitrogens with one attached hydrogen (secondary N) is 1. The maximum absolute atomic E-state index is 13.3. The average Bonchev–Trinajstić information content (AvgIpc) is 3.29. The van der Waals surface area contributed by atoms with Gasteiger partial charge in [-0.15, -0.1) is 0 Å². The van der Waals surface area contributed by atoms with E-state index in [0.717, 1.165) is 11.3 Å². The van der Waals surface area contributed by atoms with E-state index in [1.165, 1.54) is 6.20 Å². The molecule has 186 valence electrons. The van der Waals surface area contributed by atoms with Gasteiger partial charge in [-0.05, 0) is 24.6 Å². The van der Waals surface area contributed by atoms with Crippen LogP contribution in [0.1, 0.15) is 22.8 Å². The van der Waals surface area contributed by atoms with Gasteiger partial charge in [0.2, 0.25) is 0 Å². The summed E-state index contributed by atoms with van der Waals surface area (Å²) >= 11 is 0. The number of piperazine rings is 1. The largest absolute Gasteiger partial charge is 0.490 e. The number of hydrogen-bond acceptors (Lipinski definition) is 9. The van der Waals surface area contributed by atoms with Crippen LogP contribution in [0.3, 0.4) is 0 Å². The number of hydrogen-bond donors (Lipinski definition) is 4. The van der Waals surface area contributed by atoms with Crippen LogP contribution in [0.15, 0.2) is 36.8 Å². The van der Waals surface area contributed by atoms with Crippen LogP contribution in [0.5, 0.6) is 5.75 Å². The molecule has 1 saturated heterocycles. The Balaban J connectivity index is 1.45. The van der Waals surface area contributed by atoms with Crippen LogP contribution in [0.2, 0.25) is 0 Å². The van der Waals surface area contributed by atoms with E-state index in [1.807, 2.05) is 12.1 Å². The zero-order chi connectivity index (χ0) is 24.6. The molecule has 0 radical (unpaired) electrons. The van der Waals surface area contributed by atoms with E-state index in [9.17, 15) is 20.1 Å². The predicted molar refractivity (Wildman–Crippen MR) is 129 cm³/mol. The Morgan fingerprint density at radius 1 is 1.23 bits per heavy atom. The van der Waals surface area contributed by atoms with Crippen molar-refractivity contribution in [2.45, 2.75) is 25.0 Å². The summed E-state index contributed by atoms with van der Waals surface area (Å²) in [4.78, 5) is 21.8. The molecule has 4 heterocycles. The van der Waals surface area contributed by atoms with Crippen LogP contribution in [0.25, 0.3) is 5.65 Å². The third-order valence-corrected chi connectivity index (χ3v) is 6.65. The zero-order valence-corrected chi connectivity index (χ0v) is 19.6. The quantitative estimate of drug-likeness (QED) is 0.387. The Morgan fingerprint density at radius 2 is 2.00 bits per heavy atom. The van der Waals surface area contributed by atoms with E-state index >= 15 is 0 Å². The number of carbonyl (C=O) groups excluding carboxylic acids is 1. The predicted octanol–water partition coefficient (Wildman–Crippen LogP) is 0.143. The molecule has 2 aromatic heterocycles. The van der Waals surface area contributed by atoms with Gasteiger partial charge in [-0.3, -0.25) is 9.69 Å². The number of rotatable bonds is 6. The van der Waals surface area contributed by atoms with E-state index in [1.54, 1.807) is 29.9 Å². The Kier molecular flexibility index (Phi) is 6.32. The maximum atomic E-state index is 13.3. The lowest BCUT2D eigenvalue weighted by atomic mass is 9.93. The third-order valence-electron chi connectivity index (χ3n) is 6.65. The minimum atomic E-state index is -0.989. The molecule has 0 aliphatic carbocycles. The van der Waals surface area contributed by atoms with Crippen LogP contribution in [-0.4, -0.2) is 98.4 Å². The first-order valence-corrected chi connectivity index (χ1v) is 11.7. The smallest absolute Gasteiger partial charge is 0.261 e. The van der Waals surface area contributed by atoms with Crippen LogP contribution in [0.4, 0.5) is 11.4 Å². The summed E-state index contributed by atoms with van der Waals surface area (Å²) in [7, 11) is 0. The van der Waals surface area contributed by atoms with Crippen LogP contribution in [0, 0.1) is 0 Å². The molecule has 0 unspecified atom stereocenters. The average molecular weight is 483 g/mol. The summed E-state index contributed by atoms with van der Waals surface area (Å²) in [5, 5.41) is 36.8. The van der Waals surface area contributed by atoms with Crippen LogP contribution in [-0.2, 0) is 6.42 Å². The number of aliphatic hydroxyl groups excluding tert-OH is 2. The van der Waals surface area contributed by atoms with E-state index in [-0.39, 0.29) is 31.8 Å². The van der Waals surface area contributed by atoms with Gasteiger partial charge in [0.05, 0.1) is 42.4 Å². The molecule has 11 nitrogen and oxygen atoms in total. The molecule has 5 rings (SSSR count). The number of aliphatic hydroxyl groups is 3. The van der Waals surface area contributed by atoms with E-state index in [4.69, 9.17) is 4.74 Å². The number of nitrogens with zero attached hydrogens (tertiary/aromatic N) is 5. The lowest BCUT2D eigenvalue weighted by Crippen LogP contribution is -2.52. The summed E-state index contributed by atoms with van der Waals surface area (Å²) < 4.78 is 7.41. The van der Waals surface area contributed by atoms with Crippen molar-refractivity contribution in [2.24, 2.45) is 0 Å². The highest BCUT2D eigenvalue weighted by Crippen LogP contribution is 2.39. The molecule has 11 heteroatoms. The van der Waals surface area contributed by atoms with Crippen molar-refractivity contribution < 1.29 is 24.9 Å². The number of anilines is 2. The Hall–Kier alpha value is -3.25. The molecule has 1 amide bonds. The third kappa shape index (κ3) is 4.67. The number of carbonyl (C=O) groups is 1. The van der Waals surface area contributed by atoms with Crippen molar-refractivity contribution in [3.8, 4) is 5.75 Å². The zero-order valence-electron chi connectivity index (χ0n) is 19.6. The van der Waals surface area contributed by atoms with Gasteiger partial charge in [0.1, 0.15) is 17.9 Å². The molecular formula is C24H30N6O5. The van der Waals surface area contributed by atoms with Crippen LogP contribution >= 0.6 is 0 Å². The van der Waals surface area contributed by atoms with Gasteiger partial charge in [0.25, 0.3) is 5.91 Å². The van der Waals surface area contributed by atoms with E-state index in [0.29, 0.717) is 55.2 Å². The first kappa shape index (κ1) is 23.5. The molecule has 2 aliphatic rings. The summed E-state index contributed by atoms with van der Waals surface area (Å²) in [6.45, 7) is 4.33. The molecule has 3 aromatic rings. The van der Waals surface area contributed by atoms with Crippen molar-refractivity contribution in [3.05, 3.63) is 47.9 Å². The SMILES string of the molecule is C[C@@]1(O)COc2cc(N3CCN(C(CO)CO)CC3)c(NC(=O)c3cnn4cccnc34)cc2C1. The highest BCUT2D eigenvalue weighted by atomic mass is 16.5. The van der Waals surface area contributed by atoms with Crippen molar-refractivity contribution in [3.63, 3.8) is 0 Å². The number of amides is 1. The summed E-state index contributed by atoms with van der Waals surface area (Å²) in [6, 6.07) is 5.24. The summed E-state index contributed by atoms with van der Waals surface area (Å²) in [5.41, 5.74) is 2.07. The molecule has 0 bridgehead atoms. The number of fused-ring (bicyclic) bond motifs is 2. The highest BCUT2D eigenvalue weighted by molar-refractivity contribution is 6.09. The monoisotopic (exact) mass is 482 g/mol. The van der Waals surface area contributed by atoms with Gasteiger partial charge in [-0.25, -0.2) is 9.50 Å².